The van der Waals surface area contributed by atoms with Gasteiger partial charge in [-0.15, -0.1) is 0 Å². The predicted octanol–water partition coefficient (Wildman–Crippen LogP) is 3.59. The van der Waals surface area contributed by atoms with E-state index in [1.165, 1.54) is 27.7 Å². The summed E-state index contributed by atoms with van der Waals surface area (Å²) in [6.45, 7) is 4.52. The normalized spacial score (nSPS) is 16.3. The molecule has 0 atom stereocenters. The summed E-state index contributed by atoms with van der Waals surface area (Å²) in [5.74, 6) is 0. The minimum Gasteiger partial charge on any atom is -0.369 e. The van der Waals surface area contributed by atoms with E-state index in [2.05, 4.69) is 70.4 Å². The van der Waals surface area contributed by atoms with Crippen LogP contribution in [-0.2, 0) is 0 Å². The number of rotatable bonds is 2. The van der Waals surface area contributed by atoms with Crippen LogP contribution in [0.1, 0.15) is 0 Å². The van der Waals surface area contributed by atoms with Crippen molar-refractivity contribution in [2.45, 2.75) is 0 Å². The number of aromatic nitrogens is 1. The van der Waals surface area contributed by atoms with Gasteiger partial charge in [0.25, 0.3) is 0 Å². The first-order valence-corrected chi connectivity index (χ1v) is 7.91. The fourth-order valence-electron chi connectivity index (χ4n) is 3.16. The molecule has 1 fully saturated rings. The number of piperazine rings is 1. The molecule has 1 saturated heterocycles. The molecule has 1 aliphatic heterocycles. The lowest BCUT2D eigenvalue weighted by molar-refractivity contribution is 0.313. The number of nitrogens with one attached hydrogen (secondary N) is 1. The van der Waals surface area contributed by atoms with Crippen LogP contribution < -0.4 is 4.90 Å². The highest BCUT2D eigenvalue weighted by molar-refractivity contribution is 5.85. The third-order valence-electron chi connectivity index (χ3n) is 4.62. The van der Waals surface area contributed by atoms with Crippen molar-refractivity contribution in [2.75, 3.05) is 38.1 Å². The lowest BCUT2D eigenvalue weighted by atomic mass is 10.0. The molecule has 0 bridgehead atoms. The maximum atomic E-state index is 3.24. The molecule has 3 nitrogen and oxygen atoms in total. The number of aromatic amines is 1. The van der Waals surface area contributed by atoms with E-state index in [0.29, 0.717) is 0 Å². The Morgan fingerprint density at radius 2 is 1.55 bits per heavy atom. The lowest BCUT2D eigenvalue weighted by Gasteiger charge is -2.34. The quantitative estimate of drug-likeness (QED) is 0.779. The van der Waals surface area contributed by atoms with Gasteiger partial charge in [-0.25, -0.2) is 0 Å². The molecule has 3 heteroatoms. The predicted molar refractivity (Wildman–Crippen MR) is 93.4 cm³/mol. The minimum atomic E-state index is 1.12. The Morgan fingerprint density at radius 1 is 0.818 bits per heavy atom. The molecule has 2 aromatic carbocycles. The highest BCUT2D eigenvalue weighted by Crippen LogP contribution is 2.26. The molecule has 0 radical (unpaired) electrons. The molecule has 0 spiro atoms. The van der Waals surface area contributed by atoms with Crippen molar-refractivity contribution in [3.05, 3.63) is 54.7 Å². The summed E-state index contributed by atoms with van der Waals surface area (Å²) >= 11 is 0. The molecular formula is C19H21N3. The molecule has 0 saturated carbocycles. The first-order chi connectivity index (χ1) is 10.8. The van der Waals surface area contributed by atoms with E-state index in [1.54, 1.807) is 0 Å². The number of hydrogen-bond donors (Lipinski definition) is 1. The van der Waals surface area contributed by atoms with Crippen LogP contribution in [0.4, 0.5) is 5.69 Å². The monoisotopic (exact) mass is 291 g/mol. The molecular weight excluding hydrogens is 270 g/mol. The van der Waals surface area contributed by atoms with Gasteiger partial charge in [-0.2, -0.15) is 0 Å². The Hall–Kier alpha value is -2.26. The van der Waals surface area contributed by atoms with Crippen molar-refractivity contribution in [3.8, 4) is 11.1 Å². The van der Waals surface area contributed by atoms with E-state index < -0.39 is 0 Å². The zero-order valence-electron chi connectivity index (χ0n) is 12.9. The first-order valence-electron chi connectivity index (χ1n) is 7.91. The highest BCUT2D eigenvalue weighted by atomic mass is 15.2. The molecule has 4 rings (SSSR count). The second-order valence-corrected chi connectivity index (χ2v) is 6.12. The zero-order valence-corrected chi connectivity index (χ0v) is 12.9. The zero-order chi connectivity index (χ0) is 14.9. The van der Waals surface area contributed by atoms with Gasteiger partial charge in [0, 0.05) is 43.6 Å². The summed E-state index contributed by atoms with van der Waals surface area (Å²) in [5.41, 5.74) is 5.08. The van der Waals surface area contributed by atoms with Gasteiger partial charge in [-0.1, -0.05) is 18.2 Å². The van der Waals surface area contributed by atoms with Gasteiger partial charge in [0.1, 0.15) is 0 Å². The van der Waals surface area contributed by atoms with E-state index in [9.17, 15) is 0 Å². The van der Waals surface area contributed by atoms with E-state index in [4.69, 9.17) is 0 Å². The van der Waals surface area contributed by atoms with Crippen molar-refractivity contribution < 1.29 is 0 Å². The summed E-state index contributed by atoms with van der Waals surface area (Å²) in [7, 11) is 2.19. The van der Waals surface area contributed by atoms with Crippen LogP contribution in [0.5, 0.6) is 0 Å². The third-order valence-corrected chi connectivity index (χ3v) is 4.62. The SMILES string of the molecule is CN1CCN(c2ccc(-c3ccc4[nH]ccc4c3)cc2)CC1. The molecule has 3 aromatic rings. The van der Waals surface area contributed by atoms with Crippen molar-refractivity contribution in [1.82, 2.24) is 9.88 Å². The van der Waals surface area contributed by atoms with Crippen molar-refractivity contribution in [2.24, 2.45) is 0 Å². The number of anilines is 1. The van der Waals surface area contributed by atoms with Gasteiger partial charge in [0.15, 0.2) is 0 Å². The smallest absolute Gasteiger partial charge is 0.0454 e. The van der Waals surface area contributed by atoms with Crippen LogP contribution in [0, 0.1) is 0 Å². The molecule has 1 aliphatic rings. The number of hydrogen-bond acceptors (Lipinski definition) is 2. The molecule has 1 aromatic heterocycles. The van der Waals surface area contributed by atoms with Gasteiger partial charge in [-0.3, -0.25) is 0 Å². The summed E-state index contributed by atoms with van der Waals surface area (Å²) in [5, 5.41) is 1.26. The average Bonchev–Trinajstić information content (AvgIpc) is 3.03. The lowest BCUT2D eigenvalue weighted by Crippen LogP contribution is -2.44. The van der Waals surface area contributed by atoms with E-state index in [0.717, 1.165) is 26.2 Å². The summed E-state index contributed by atoms with van der Waals surface area (Å²) in [4.78, 5) is 8.10. The standard InChI is InChI=1S/C19H21N3/c1-21-10-12-22(13-11-21)18-5-2-15(3-6-18)16-4-7-19-17(14-16)8-9-20-19/h2-9,14,20H,10-13H2,1H3. The first kappa shape index (κ1) is 13.4. The van der Waals surface area contributed by atoms with Crippen molar-refractivity contribution >= 4 is 16.6 Å². The molecule has 0 aliphatic carbocycles. The number of fused-ring (bicyclic) bond motifs is 1. The Bertz CT molecular complexity index is 765. The Labute approximate surface area is 131 Å². The van der Waals surface area contributed by atoms with Crippen LogP contribution in [0.3, 0.4) is 0 Å². The van der Waals surface area contributed by atoms with Crippen LogP contribution in [-0.4, -0.2) is 43.1 Å². The number of likely N-dealkylation sites (N-methyl/N-ethyl adjacent to an activating group) is 1. The van der Waals surface area contributed by atoms with Crippen molar-refractivity contribution in [1.29, 1.82) is 0 Å². The van der Waals surface area contributed by atoms with Crippen molar-refractivity contribution in [3.63, 3.8) is 0 Å². The second kappa shape index (κ2) is 5.50. The fourth-order valence-corrected chi connectivity index (χ4v) is 3.16. The van der Waals surface area contributed by atoms with Crippen LogP contribution in [0.25, 0.3) is 22.0 Å². The summed E-state index contributed by atoms with van der Waals surface area (Å²) in [6, 6.07) is 17.7. The largest absolute Gasteiger partial charge is 0.369 e. The van der Waals surface area contributed by atoms with Gasteiger partial charge in [0.2, 0.25) is 0 Å². The minimum absolute atomic E-state index is 1.12. The average molecular weight is 291 g/mol. The van der Waals surface area contributed by atoms with Gasteiger partial charge < -0.3 is 14.8 Å². The molecule has 1 N–H and O–H groups in total. The highest BCUT2D eigenvalue weighted by Gasteiger charge is 2.14. The van der Waals surface area contributed by atoms with Crippen LogP contribution in [0.15, 0.2) is 54.7 Å². The maximum absolute atomic E-state index is 3.24. The van der Waals surface area contributed by atoms with E-state index in [-0.39, 0.29) is 0 Å². The second-order valence-electron chi connectivity index (χ2n) is 6.12. The van der Waals surface area contributed by atoms with Gasteiger partial charge in [-0.05, 0) is 53.9 Å². The molecule has 112 valence electrons. The van der Waals surface area contributed by atoms with Crippen LogP contribution in [0.2, 0.25) is 0 Å². The summed E-state index contributed by atoms with van der Waals surface area (Å²) < 4.78 is 0. The van der Waals surface area contributed by atoms with E-state index >= 15 is 0 Å². The fraction of sp³-hybridized carbons (Fsp3) is 0.263. The molecule has 0 unspecified atom stereocenters. The summed E-state index contributed by atoms with van der Waals surface area (Å²) in [6.07, 6.45) is 1.99. The molecule has 2 heterocycles. The Balaban J connectivity index is 1.58. The number of benzene rings is 2. The third kappa shape index (κ3) is 2.48. The number of nitrogens with zero attached hydrogens (tertiary/aromatic N) is 2. The number of H-pyrrole nitrogens is 1. The topological polar surface area (TPSA) is 22.3 Å². The van der Waals surface area contributed by atoms with Gasteiger partial charge in [0.05, 0.1) is 0 Å². The molecule has 0 amide bonds. The van der Waals surface area contributed by atoms with Crippen LogP contribution >= 0.6 is 0 Å². The molecule has 22 heavy (non-hydrogen) atoms. The Morgan fingerprint density at radius 3 is 2.32 bits per heavy atom. The van der Waals surface area contributed by atoms with Gasteiger partial charge >= 0.3 is 0 Å². The Kier molecular flexibility index (Phi) is 3.35. The van der Waals surface area contributed by atoms with E-state index in [1.807, 2.05) is 6.20 Å². The maximum Gasteiger partial charge on any atom is 0.0454 e.